The van der Waals surface area contributed by atoms with Crippen LogP contribution in [0.1, 0.15) is 18.4 Å². The van der Waals surface area contributed by atoms with Crippen LogP contribution in [0.15, 0.2) is 60.7 Å². The van der Waals surface area contributed by atoms with E-state index in [-0.39, 0.29) is 18.9 Å². The van der Waals surface area contributed by atoms with Gasteiger partial charge >= 0.3 is 18.9 Å². The molecule has 0 unspecified atom stereocenters. The summed E-state index contributed by atoms with van der Waals surface area (Å²) in [5.74, 6) is 0. The van der Waals surface area contributed by atoms with Crippen molar-refractivity contribution in [3.8, 4) is 0 Å². The van der Waals surface area contributed by atoms with E-state index in [1.807, 2.05) is 0 Å². The summed E-state index contributed by atoms with van der Waals surface area (Å²) in [6.45, 7) is 8.36. The van der Waals surface area contributed by atoms with Crippen molar-refractivity contribution >= 4 is 29.9 Å². The van der Waals surface area contributed by atoms with Gasteiger partial charge in [0.25, 0.3) is 0 Å². The van der Waals surface area contributed by atoms with E-state index in [1.165, 1.54) is 48.0 Å². The number of fused-ring (bicyclic) bond motifs is 1. The van der Waals surface area contributed by atoms with Crippen LogP contribution in [-0.2, 0) is 6.42 Å². The van der Waals surface area contributed by atoms with E-state index in [9.17, 15) is 0 Å². The molecule has 0 amide bonds. The molecule has 1 fully saturated rings. The summed E-state index contributed by atoms with van der Waals surface area (Å²) >= 11 is 0. The molecule has 0 atom stereocenters. The summed E-state index contributed by atoms with van der Waals surface area (Å²) in [6, 6.07) is 22.3. The Morgan fingerprint density at radius 2 is 1.63 bits per heavy atom. The minimum atomic E-state index is -1.70. The maximum atomic E-state index is 3.94. The molecule has 0 aromatic heterocycles. The summed E-state index contributed by atoms with van der Waals surface area (Å²) in [5.41, 5.74) is 2.87. The van der Waals surface area contributed by atoms with Crippen LogP contribution in [0.5, 0.6) is 0 Å². The van der Waals surface area contributed by atoms with Crippen molar-refractivity contribution in [1.82, 2.24) is 4.98 Å². The Balaban J connectivity index is 0.00000210. The third-order valence-electron chi connectivity index (χ3n) is 5.72. The van der Waals surface area contributed by atoms with Crippen LogP contribution in [0.2, 0.25) is 13.1 Å². The molecule has 0 radical (unpaired) electrons. The van der Waals surface area contributed by atoms with Crippen molar-refractivity contribution in [2.45, 2.75) is 32.4 Å². The van der Waals surface area contributed by atoms with Crippen molar-refractivity contribution in [3.05, 3.63) is 66.2 Å². The maximum Gasteiger partial charge on any atom is 1.00 e. The van der Waals surface area contributed by atoms with Crippen LogP contribution in [0.3, 0.4) is 0 Å². The molecule has 0 aliphatic carbocycles. The minimum absolute atomic E-state index is 0. The van der Waals surface area contributed by atoms with E-state index in [4.69, 9.17) is 0 Å². The Kier molecular flexibility index (Phi) is 6.60. The first-order valence-electron chi connectivity index (χ1n) is 9.88. The first-order valence-corrected chi connectivity index (χ1v) is 12.9. The number of rotatable bonds is 6. The number of nitrogens with one attached hydrogen (secondary N) is 1. The molecule has 2 nitrogen and oxygen atoms in total. The number of hydrogen-bond donors (Lipinski definition) is 1. The van der Waals surface area contributed by atoms with Crippen LogP contribution in [0, 0.1) is 0 Å². The van der Waals surface area contributed by atoms with Crippen molar-refractivity contribution < 1.29 is 18.9 Å². The molecular formula is C23H29LiN2Si. The SMILES string of the molecule is C[Si](C)(NCCc1ccccc1)[c-]1cc(N2CCCC2)c2ccccc21.[Li+]. The number of hydrogen-bond acceptors (Lipinski definition) is 2. The summed E-state index contributed by atoms with van der Waals surface area (Å²) in [5, 5.41) is 4.45. The molecule has 1 aliphatic heterocycles. The standard InChI is InChI=1S/C23H29N2Si.Li/c1-26(2,24-15-14-19-10-4-3-5-11-19)23-18-22(25-16-8-9-17-25)20-12-6-7-13-21(20)23;/h3-7,10-13,18,24H,8-9,14-17H2,1-2H3;/q-1;+1. The van der Waals surface area contributed by atoms with Crippen molar-refractivity contribution in [2.24, 2.45) is 0 Å². The number of nitrogens with zero attached hydrogens (tertiary/aromatic N) is 1. The molecule has 1 N–H and O–H groups in total. The van der Waals surface area contributed by atoms with Crippen LogP contribution in [0.4, 0.5) is 5.69 Å². The molecule has 0 bridgehead atoms. The minimum Gasteiger partial charge on any atom is -0.417 e. The summed E-state index contributed by atoms with van der Waals surface area (Å²) in [7, 11) is -1.70. The molecule has 0 spiro atoms. The van der Waals surface area contributed by atoms with E-state index in [0.29, 0.717) is 0 Å². The van der Waals surface area contributed by atoms with Gasteiger partial charge < -0.3 is 9.88 Å². The molecule has 3 aromatic rings. The molecule has 4 rings (SSSR count). The van der Waals surface area contributed by atoms with Gasteiger partial charge in [-0.25, -0.2) is 0 Å². The van der Waals surface area contributed by atoms with Crippen LogP contribution < -0.4 is 33.9 Å². The molecule has 3 aromatic carbocycles. The first-order chi connectivity index (χ1) is 12.6. The predicted octanol–water partition coefficient (Wildman–Crippen LogP) is 1.41. The van der Waals surface area contributed by atoms with Crippen LogP contribution in [0.25, 0.3) is 10.8 Å². The normalized spacial score (nSPS) is 14.5. The third kappa shape index (κ3) is 4.38. The van der Waals surface area contributed by atoms with Crippen molar-refractivity contribution in [3.63, 3.8) is 0 Å². The second kappa shape index (κ2) is 8.75. The van der Waals surface area contributed by atoms with Gasteiger partial charge in [-0.15, -0.1) is 40.2 Å². The second-order valence-corrected chi connectivity index (χ2v) is 12.1. The smallest absolute Gasteiger partial charge is 0.417 e. The molecule has 136 valence electrons. The van der Waals surface area contributed by atoms with Gasteiger partial charge in [-0.2, -0.15) is 0 Å². The third-order valence-corrected chi connectivity index (χ3v) is 8.61. The topological polar surface area (TPSA) is 15.3 Å². The molecule has 1 aliphatic rings. The predicted molar refractivity (Wildman–Crippen MR) is 116 cm³/mol. The quantitative estimate of drug-likeness (QED) is 0.523. The Labute approximate surface area is 176 Å². The van der Waals surface area contributed by atoms with Crippen molar-refractivity contribution in [2.75, 3.05) is 24.5 Å². The number of benzene rings is 2. The average molecular weight is 369 g/mol. The van der Waals surface area contributed by atoms with Crippen molar-refractivity contribution in [1.29, 1.82) is 0 Å². The van der Waals surface area contributed by atoms with Crippen LogP contribution in [-0.4, -0.2) is 27.9 Å². The second-order valence-electron chi connectivity index (χ2n) is 7.97. The first kappa shape index (κ1) is 20.4. The molecular weight excluding hydrogens is 339 g/mol. The zero-order valence-electron chi connectivity index (χ0n) is 17.0. The number of anilines is 1. The fourth-order valence-corrected chi connectivity index (χ4v) is 6.56. The van der Waals surface area contributed by atoms with E-state index in [2.05, 4.69) is 83.6 Å². The van der Waals surface area contributed by atoms with E-state index >= 15 is 0 Å². The Morgan fingerprint density at radius 1 is 0.963 bits per heavy atom. The Morgan fingerprint density at radius 3 is 2.37 bits per heavy atom. The largest absolute Gasteiger partial charge is 1.00 e. The fraction of sp³-hybridized carbons (Fsp3) is 0.348. The zero-order valence-corrected chi connectivity index (χ0v) is 18.0. The summed E-state index contributed by atoms with van der Waals surface area (Å²) < 4.78 is 0. The summed E-state index contributed by atoms with van der Waals surface area (Å²) in [6.07, 6.45) is 3.74. The molecule has 27 heavy (non-hydrogen) atoms. The Bertz CT molecular complexity index is 866. The van der Waals surface area contributed by atoms with E-state index in [0.717, 1.165) is 13.0 Å². The van der Waals surface area contributed by atoms with E-state index < -0.39 is 8.24 Å². The molecule has 4 heteroatoms. The van der Waals surface area contributed by atoms with E-state index in [1.54, 1.807) is 5.19 Å². The van der Waals surface area contributed by atoms with Gasteiger partial charge in [0, 0.05) is 13.1 Å². The molecule has 1 heterocycles. The fourth-order valence-electron chi connectivity index (χ4n) is 4.23. The maximum absolute atomic E-state index is 3.94. The van der Waals surface area contributed by atoms with Gasteiger partial charge in [-0.1, -0.05) is 55.2 Å². The van der Waals surface area contributed by atoms with Gasteiger partial charge in [-0.3, -0.25) is 0 Å². The molecule has 0 saturated carbocycles. The summed E-state index contributed by atoms with van der Waals surface area (Å²) in [4.78, 5) is 6.52. The molecule has 1 saturated heterocycles. The zero-order chi connectivity index (χ0) is 18.0. The monoisotopic (exact) mass is 368 g/mol. The van der Waals surface area contributed by atoms with Gasteiger partial charge in [-0.05, 0) is 31.4 Å². The van der Waals surface area contributed by atoms with Gasteiger partial charge in [0.05, 0.1) is 0 Å². The van der Waals surface area contributed by atoms with Crippen LogP contribution >= 0.6 is 0 Å². The Hall–Kier alpha value is -1.38. The van der Waals surface area contributed by atoms with Gasteiger partial charge in [0.2, 0.25) is 0 Å². The van der Waals surface area contributed by atoms with Gasteiger partial charge in [0.1, 0.15) is 8.24 Å². The average Bonchev–Trinajstić information content (AvgIpc) is 3.30. The van der Waals surface area contributed by atoms with Gasteiger partial charge in [0.15, 0.2) is 0 Å².